The molecule has 1 aromatic heterocycles. The molecule has 1 aliphatic carbocycles. The number of aromatic nitrogens is 1. The number of aliphatic hydroxyl groups excluding tert-OH is 1. The Balaban J connectivity index is 1.71. The standard InChI is InChI=1S/C15H24N2O2/c18-12-14-6-2-1-5-13(14)11-16-8-10-17-9-4-3-7-15(17)19/h3-4,7,9,13-14,16,18H,1-2,5-6,8,10-12H2. The lowest BCUT2D eigenvalue weighted by molar-refractivity contribution is 0.133. The Hall–Kier alpha value is -1.13. The summed E-state index contributed by atoms with van der Waals surface area (Å²) in [5, 5.41) is 12.8. The van der Waals surface area contributed by atoms with Crippen molar-refractivity contribution >= 4 is 0 Å². The average molecular weight is 264 g/mol. The summed E-state index contributed by atoms with van der Waals surface area (Å²) < 4.78 is 1.72. The molecule has 1 aromatic rings. The van der Waals surface area contributed by atoms with Crippen LogP contribution in [0.2, 0.25) is 0 Å². The second-order valence-corrected chi connectivity index (χ2v) is 5.42. The molecule has 19 heavy (non-hydrogen) atoms. The van der Waals surface area contributed by atoms with Gasteiger partial charge in [0.25, 0.3) is 5.56 Å². The lowest BCUT2D eigenvalue weighted by atomic mass is 9.79. The smallest absolute Gasteiger partial charge is 0.250 e. The Morgan fingerprint density at radius 2 is 2.05 bits per heavy atom. The number of pyridine rings is 1. The van der Waals surface area contributed by atoms with E-state index < -0.39 is 0 Å². The van der Waals surface area contributed by atoms with Gasteiger partial charge in [-0.3, -0.25) is 4.79 Å². The molecule has 4 heteroatoms. The first-order chi connectivity index (χ1) is 9.31. The first-order valence-corrected chi connectivity index (χ1v) is 7.28. The third kappa shape index (κ3) is 4.18. The van der Waals surface area contributed by atoms with Crippen molar-refractivity contribution < 1.29 is 5.11 Å². The highest BCUT2D eigenvalue weighted by Gasteiger charge is 2.23. The molecule has 0 radical (unpaired) electrons. The maximum Gasteiger partial charge on any atom is 0.250 e. The van der Waals surface area contributed by atoms with E-state index in [0.29, 0.717) is 25.0 Å². The highest BCUT2D eigenvalue weighted by Crippen LogP contribution is 2.28. The van der Waals surface area contributed by atoms with E-state index >= 15 is 0 Å². The van der Waals surface area contributed by atoms with Crippen molar-refractivity contribution in [2.75, 3.05) is 19.7 Å². The van der Waals surface area contributed by atoms with Crippen LogP contribution in [0, 0.1) is 11.8 Å². The van der Waals surface area contributed by atoms with E-state index in [-0.39, 0.29) is 5.56 Å². The van der Waals surface area contributed by atoms with Gasteiger partial charge in [0.1, 0.15) is 0 Å². The third-order valence-corrected chi connectivity index (χ3v) is 4.14. The molecule has 1 saturated carbocycles. The molecule has 0 bridgehead atoms. The fourth-order valence-corrected chi connectivity index (χ4v) is 2.93. The molecule has 1 fully saturated rings. The van der Waals surface area contributed by atoms with Gasteiger partial charge in [0.15, 0.2) is 0 Å². The van der Waals surface area contributed by atoms with E-state index in [4.69, 9.17) is 0 Å². The largest absolute Gasteiger partial charge is 0.396 e. The first kappa shape index (κ1) is 14.3. The molecule has 2 N–H and O–H groups in total. The van der Waals surface area contributed by atoms with Crippen molar-refractivity contribution in [2.24, 2.45) is 11.8 Å². The lowest BCUT2D eigenvalue weighted by Gasteiger charge is -2.30. The zero-order valence-corrected chi connectivity index (χ0v) is 11.4. The van der Waals surface area contributed by atoms with Crippen LogP contribution < -0.4 is 10.9 Å². The van der Waals surface area contributed by atoms with Crippen LogP contribution in [-0.2, 0) is 6.54 Å². The highest BCUT2D eigenvalue weighted by molar-refractivity contribution is 4.93. The summed E-state index contributed by atoms with van der Waals surface area (Å²) in [7, 11) is 0. The molecular formula is C15H24N2O2. The van der Waals surface area contributed by atoms with E-state index in [0.717, 1.165) is 19.5 Å². The quantitative estimate of drug-likeness (QED) is 0.760. The van der Waals surface area contributed by atoms with Gasteiger partial charge < -0.3 is 15.0 Å². The Bertz CT molecular complexity index is 430. The Morgan fingerprint density at radius 3 is 2.79 bits per heavy atom. The fourth-order valence-electron chi connectivity index (χ4n) is 2.93. The number of rotatable bonds is 6. The van der Waals surface area contributed by atoms with E-state index in [2.05, 4.69) is 5.32 Å². The average Bonchev–Trinajstić information content (AvgIpc) is 2.45. The normalized spacial score (nSPS) is 23.4. The van der Waals surface area contributed by atoms with Gasteiger partial charge in [0.2, 0.25) is 0 Å². The predicted molar refractivity (Wildman–Crippen MR) is 76.1 cm³/mol. The minimum atomic E-state index is 0.0511. The second-order valence-electron chi connectivity index (χ2n) is 5.42. The summed E-state index contributed by atoms with van der Waals surface area (Å²) in [6.07, 6.45) is 6.72. The van der Waals surface area contributed by atoms with Crippen molar-refractivity contribution in [3.05, 3.63) is 34.7 Å². The van der Waals surface area contributed by atoms with Gasteiger partial charge in [0.05, 0.1) is 0 Å². The van der Waals surface area contributed by atoms with E-state index in [1.807, 2.05) is 12.3 Å². The van der Waals surface area contributed by atoms with Gasteiger partial charge in [-0.15, -0.1) is 0 Å². The predicted octanol–water partition coefficient (Wildman–Crippen LogP) is 1.24. The zero-order valence-electron chi connectivity index (χ0n) is 11.4. The number of hydrogen-bond donors (Lipinski definition) is 2. The van der Waals surface area contributed by atoms with Gasteiger partial charge in [-0.1, -0.05) is 18.9 Å². The minimum Gasteiger partial charge on any atom is -0.396 e. The van der Waals surface area contributed by atoms with Crippen LogP contribution in [0.3, 0.4) is 0 Å². The molecule has 2 rings (SSSR count). The van der Waals surface area contributed by atoms with E-state index in [1.165, 1.54) is 19.3 Å². The topological polar surface area (TPSA) is 54.3 Å². The SMILES string of the molecule is O=c1ccccn1CCNCC1CCCCC1CO. The van der Waals surface area contributed by atoms with Crippen molar-refractivity contribution in [1.82, 2.24) is 9.88 Å². The first-order valence-electron chi connectivity index (χ1n) is 7.28. The van der Waals surface area contributed by atoms with Crippen molar-refractivity contribution in [3.63, 3.8) is 0 Å². The van der Waals surface area contributed by atoms with Crippen LogP contribution in [-0.4, -0.2) is 29.4 Å². The van der Waals surface area contributed by atoms with Gasteiger partial charge in [-0.05, 0) is 37.3 Å². The minimum absolute atomic E-state index is 0.0511. The van der Waals surface area contributed by atoms with Gasteiger partial charge >= 0.3 is 0 Å². The molecule has 1 heterocycles. The third-order valence-electron chi connectivity index (χ3n) is 4.14. The summed E-state index contributed by atoms with van der Waals surface area (Å²) in [5.74, 6) is 1.05. The van der Waals surface area contributed by atoms with Crippen LogP contribution in [0.4, 0.5) is 0 Å². The number of nitrogens with one attached hydrogen (secondary N) is 1. The number of aliphatic hydroxyl groups is 1. The highest BCUT2D eigenvalue weighted by atomic mass is 16.3. The summed E-state index contributed by atoms with van der Waals surface area (Å²) >= 11 is 0. The summed E-state index contributed by atoms with van der Waals surface area (Å²) in [6, 6.07) is 5.23. The summed E-state index contributed by atoms with van der Waals surface area (Å²) in [4.78, 5) is 11.5. The molecule has 2 unspecified atom stereocenters. The molecule has 0 amide bonds. The molecule has 0 saturated heterocycles. The second kappa shape index (κ2) is 7.46. The van der Waals surface area contributed by atoms with Crippen LogP contribution in [0.15, 0.2) is 29.2 Å². The molecule has 1 aliphatic rings. The molecule has 0 aromatic carbocycles. The fraction of sp³-hybridized carbons (Fsp3) is 0.667. The Morgan fingerprint density at radius 1 is 1.26 bits per heavy atom. The molecule has 0 spiro atoms. The summed E-state index contributed by atoms with van der Waals surface area (Å²) in [5.41, 5.74) is 0.0511. The summed E-state index contributed by atoms with van der Waals surface area (Å²) in [6.45, 7) is 2.77. The van der Waals surface area contributed by atoms with Crippen molar-refractivity contribution in [2.45, 2.75) is 32.2 Å². The van der Waals surface area contributed by atoms with Crippen LogP contribution in [0.25, 0.3) is 0 Å². The number of hydrogen-bond acceptors (Lipinski definition) is 3. The zero-order chi connectivity index (χ0) is 13.5. The van der Waals surface area contributed by atoms with Gasteiger partial charge in [0, 0.05) is 32.0 Å². The maximum atomic E-state index is 11.5. The van der Waals surface area contributed by atoms with Crippen molar-refractivity contribution in [3.8, 4) is 0 Å². The van der Waals surface area contributed by atoms with Crippen LogP contribution in [0.1, 0.15) is 25.7 Å². The van der Waals surface area contributed by atoms with Gasteiger partial charge in [-0.25, -0.2) is 0 Å². The molecule has 4 nitrogen and oxygen atoms in total. The van der Waals surface area contributed by atoms with E-state index in [9.17, 15) is 9.90 Å². The molecular weight excluding hydrogens is 240 g/mol. The number of nitrogens with zero attached hydrogens (tertiary/aromatic N) is 1. The molecule has 106 valence electrons. The van der Waals surface area contributed by atoms with Crippen molar-refractivity contribution in [1.29, 1.82) is 0 Å². The van der Waals surface area contributed by atoms with Crippen LogP contribution in [0.5, 0.6) is 0 Å². The van der Waals surface area contributed by atoms with E-state index in [1.54, 1.807) is 16.7 Å². The van der Waals surface area contributed by atoms with Crippen LogP contribution >= 0.6 is 0 Å². The molecule has 0 aliphatic heterocycles. The Labute approximate surface area is 114 Å². The maximum absolute atomic E-state index is 11.5. The van der Waals surface area contributed by atoms with Gasteiger partial charge in [-0.2, -0.15) is 0 Å². The molecule has 2 atom stereocenters. The monoisotopic (exact) mass is 264 g/mol. The Kier molecular flexibility index (Phi) is 5.61. The lowest BCUT2D eigenvalue weighted by Crippen LogP contribution is -2.34.